The van der Waals surface area contributed by atoms with E-state index in [9.17, 15) is 9.90 Å². The molecule has 0 saturated heterocycles. The number of hydrogen-bond donors (Lipinski definition) is 1. The van der Waals surface area contributed by atoms with E-state index in [1.54, 1.807) is 12.1 Å². The van der Waals surface area contributed by atoms with E-state index >= 15 is 0 Å². The predicted octanol–water partition coefficient (Wildman–Crippen LogP) is 3.99. The minimum absolute atomic E-state index is 0.266. The number of rotatable bonds is 2. The van der Waals surface area contributed by atoms with Crippen molar-refractivity contribution in [1.29, 1.82) is 0 Å². The van der Waals surface area contributed by atoms with Crippen molar-refractivity contribution in [3.05, 3.63) is 64.2 Å². The van der Waals surface area contributed by atoms with Crippen LogP contribution >= 0.6 is 11.6 Å². The molecule has 4 heteroatoms. The second kappa shape index (κ2) is 5.78. The Balaban J connectivity index is 2.00. The Kier molecular flexibility index (Phi) is 3.84. The molecule has 2 aromatic rings. The van der Waals surface area contributed by atoms with Gasteiger partial charge in [-0.25, -0.2) is 4.79 Å². The van der Waals surface area contributed by atoms with Crippen molar-refractivity contribution in [2.24, 2.45) is 0 Å². The number of hydrogen-bond acceptors (Lipinski definition) is 2. The number of benzene rings is 2. The van der Waals surface area contributed by atoms with Gasteiger partial charge in [-0.05, 0) is 42.2 Å². The molecule has 0 fully saturated rings. The van der Waals surface area contributed by atoms with Crippen LogP contribution in [-0.4, -0.2) is 17.6 Å². The zero-order chi connectivity index (χ0) is 14.8. The Hall–Kier alpha value is -2.00. The first-order chi connectivity index (χ1) is 10.1. The van der Waals surface area contributed by atoms with Crippen molar-refractivity contribution in [2.45, 2.75) is 19.4 Å². The van der Waals surface area contributed by atoms with Gasteiger partial charge in [0.25, 0.3) is 0 Å². The fourth-order valence-electron chi connectivity index (χ4n) is 2.86. The fraction of sp³-hybridized carbons (Fsp3) is 0.235. The molecule has 2 aromatic carbocycles. The molecule has 0 radical (unpaired) electrons. The number of halogens is 1. The van der Waals surface area contributed by atoms with Crippen molar-refractivity contribution in [2.75, 3.05) is 11.4 Å². The lowest BCUT2D eigenvalue weighted by Gasteiger charge is -2.25. The van der Waals surface area contributed by atoms with Gasteiger partial charge in [-0.2, -0.15) is 0 Å². The van der Waals surface area contributed by atoms with Gasteiger partial charge in [0.2, 0.25) is 0 Å². The van der Waals surface area contributed by atoms with Crippen LogP contribution in [0.25, 0.3) is 0 Å². The molecule has 1 heterocycles. The summed E-state index contributed by atoms with van der Waals surface area (Å²) in [5.41, 5.74) is 3.62. The SMILES string of the molecule is O=C(O)c1cc(Cl)ccc1N1CCCc2ccccc2C1. The molecular weight excluding hydrogens is 286 g/mol. The van der Waals surface area contributed by atoms with Gasteiger partial charge in [0, 0.05) is 18.1 Å². The maximum absolute atomic E-state index is 11.5. The standard InChI is InChI=1S/C17H16ClNO2/c18-14-7-8-16(15(10-14)17(20)21)19-9-3-6-12-4-1-2-5-13(12)11-19/h1-2,4-5,7-8,10H,3,6,9,11H2,(H,20,21). The van der Waals surface area contributed by atoms with Crippen LogP contribution in [0, 0.1) is 0 Å². The zero-order valence-corrected chi connectivity index (χ0v) is 12.3. The summed E-state index contributed by atoms with van der Waals surface area (Å²) in [6.45, 7) is 1.58. The van der Waals surface area contributed by atoms with Gasteiger partial charge in [-0.15, -0.1) is 0 Å². The number of carboxylic acids is 1. The summed E-state index contributed by atoms with van der Waals surface area (Å²) in [7, 11) is 0. The normalized spacial score (nSPS) is 14.4. The van der Waals surface area contributed by atoms with Crippen LogP contribution in [-0.2, 0) is 13.0 Å². The Bertz CT molecular complexity index is 684. The smallest absolute Gasteiger partial charge is 0.337 e. The molecule has 0 aromatic heterocycles. The number of nitrogens with zero attached hydrogens (tertiary/aromatic N) is 1. The molecule has 0 spiro atoms. The average molecular weight is 302 g/mol. The molecule has 0 saturated carbocycles. The lowest BCUT2D eigenvalue weighted by molar-refractivity contribution is 0.0697. The highest BCUT2D eigenvalue weighted by Crippen LogP contribution is 2.29. The van der Waals surface area contributed by atoms with Crippen LogP contribution in [0.4, 0.5) is 5.69 Å². The minimum atomic E-state index is -0.940. The molecular formula is C17H16ClNO2. The van der Waals surface area contributed by atoms with Crippen LogP contribution in [0.2, 0.25) is 5.02 Å². The highest BCUT2D eigenvalue weighted by molar-refractivity contribution is 6.31. The maximum atomic E-state index is 11.5. The number of carboxylic acid groups (broad SMARTS) is 1. The van der Waals surface area contributed by atoms with Gasteiger partial charge in [0.15, 0.2) is 0 Å². The van der Waals surface area contributed by atoms with Gasteiger partial charge in [-0.3, -0.25) is 0 Å². The molecule has 108 valence electrons. The molecule has 0 atom stereocenters. The van der Waals surface area contributed by atoms with Crippen LogP contribution in [0.3, 0.4) is 0 Å². The van der Waals surface area contributed by atoms with Crippen LogP contribution in [0.5, 0.6) is 0 Å². The number of fused-ring (bicyclic) bond motifs is 1. The van der Waals surface area contributed by atoms with Crippen molar-refractivity contribution in [1.82, 2.24) is 0 Å². The van der Waals surface area contributed by atoms with Crippen LogP contribution < -0.4 is 4.90 Å². The Labute approximate surface area is 128 Å². The first kappa shape index (κ1) is 14.0. The Morgan fingerprint density at radius 1 is 1.14 bits per heavy atom. The summed E-state index contributed by atoms with van der Waals surface area (Å²) in [6, 6.07) is 13.4. The first-order valence-corrected chi connectivity index (χ1v) is 7.37. The maximum Gasteiger partial charge on any atom is 0.337 e. The summed E-state index contributed by atoms with van der Waals surface area (Å²) in [6.07, 6.45) is 2.04. The first-order valence-electron chi connectivity index (χ1n) is 7.00. The van der Waals surface area contributed by atoms with Gasteiger partial charge in [0.1, 0.15) is 0 Å². The number of aryl methyl sites for hydroxylation is 1. The molecule has 0 aliphatic carbocycles. The van der Waals surface area contributed by atoms with E-state index in [4.69, 9.17) is 11.6 Å². The van der Waals surface area contributed by atoms with Crippen molar-refractivity contribution in [3.63, 3.8) is 0 Å². The van der Waals surface area contributed by atoms with E-state index < -0.39 is 5.97 Å². The minimum Gasteiger partial charge on any atom is -0.478 e. The molecule has 1 aliphatic heterocycles. The summed E-state index contributed by atoms with van der Waals surface area (Å²) in [5, 5.41) is 9.85. The lowest BCUT2D eigenvalue weighted by Crippen LogP contribution is -2.24. The molecule has 3 rings (SSSR count). The monoisotopic (exact) mass is 301 g/mol. The van der Waals surface area contributed by atoms with Crippen LogP contribution in [0.1, 0.15) is 27.9 Å². The second-order valence-corrected chi connectivity index (χ2v) is 5.70. The lowest BCUT2D eigenvalue weighted by atomic mass is 10.0. The van der Waals surface area contributed by atoms with Gasteiger partial charge >= 0.3 is 5.97 Å². The zero-order valence-electron chi connectivity index (χ0n) is 11.6. The van der Waals surface area contributed by atoms with E-state index in [2.05, 4.69) is 23.1 Å². The number of aromatic carboxylic acids is 1. The molecule has 3 nitrogen and oxygen atoms in total. The largest absolute Gasteiger partial charge is 0.478 e. The summed E-state index contributed by atoms with van der Waals surface area (Å²) >= 11 is 5.93. The van der Waals surface area contributed by atoms with E-state index in [0.29, 0.717) is 5.02 Å². The quantitative estimate of drug-likeness (QED) is 0.911. The van der Waals surface area contributed by atoms with Crippen molar-refractivity contribution >= 4 is 23.3 Å². The Morgan fingerprint density at radius 3 is 2.67 bits per heavy atom. The number of carbonyl (C=O) groups is 1. The molecule has 1 aliphatic rings. The molecule has 1 N–H and O–H groups in total. The Morgan fingerprint density at radius 2 is 1.90 bits per heavy atom. The third-order valence-electron chi connectivity index (χ3n) is 3.88. The van der Waals surface area contributed by atoms with Crippen LogP contribution in [0.15, 0.2) is 42.5 Å². The summed E-state index contributed by atoms with van der Waals surface area (Å²) < 4.78 is 0. The van der Waals surface area contributed by atoms with E-state index in [1.165, 1.54) is 17.2 Å². The summed E-state index contributed by atoms with van der Waals surface area (Å²) in [5.74, 6) is -0.940. The summed E-state index contributed by atoms with van der Waals surface area (Å²) in [4.78, 5) is 13.6. The molecule has 0 unspecified atom stereocenters. The van der Waals surface area contributed by atoms with Gasteiger partial charge in [-0.1, -0.05) is 35.9 Å². The van der Waals surface area contributed by atoms with Crippen molar-refractivity contribution in [3.8, 4) is 0 Å². The van der Waals surface area contributed by atoms with Crippen molar-refractivity contribution < 1.29 is 9.90 Å². The van der Waals surface area contributed by atoms with E-state index in [-0.39, 0.29) is 5.56 Å². The van der Waals surface area contributed by atoms with Gasteiger partial charge in [0.05, 0.1) is 11.3 Å². The molecule has 21 heavy (non-hydrogen) atoms. The van der Waals surface area contributed by atoms with Gasteiger partial charge < -0.3 is 10.0 Å². The van der Waals surface area contributed by atoms with E-state index in [1.807, 2.05) is 6.07 Å². The average Bonchev–Trinajstić information content (AvgIpc) is 2.69. The predicted molar refractivity (Wildman–Crippen MR) is 84.2 cm³/mol. The van der Waals surface area contributed by atoms with E-state index in [0.717, 1.165) is 31.6 Å². The highest BCUT2D eigenvalue weighted by atomic mass is 35.5. The fourth-order valence-corrected chi connectivity index (χ4v) is 3.03. The third-order valence-corrected chi connectivity index (χ3v) is 4.12. The highest BCUT2D eigenvalue weighted by Gasteiger charge is 2.19. The third kappa shape index (κ3) is 2.88. The topological polar surface area (TPSA) is 40.5 Å². The number of anilines is 1. The molecule has 0 bridgehead atoms. The second-order valence-electron chi connectivity index (χ2n) is 5.26. The molecule has 0 amide bonds.